The van der Waals surface area contributed by atoms with E-state index in [2.05, 4.69) is 24.0 Å². The lowest BCUT2D eigenvalue weighted by atomic mass is 10.2. The van der Waals surface area contributed by atoms with Crippen LogP contribution in [0.2, 0.25) is 0 Å². The standard InChI is InChI=1S/C28H34N2O3S/c1-2-3-20-33-27-14-16-28(17-15-27)34(31,32)30(22-25-12-8-5-9-13-25)26-18-19-29(23-26)21-24-10-6-4-7-11-24/h4-17,26H,2-3,18-23H2,1H3. The minimum absolute atomic E-state index is 0.0746. The number of sulfonamides is 1. The largest absolute Gasteiger partial charge is 0.494 e. The molecule has 1 aliphatic heterocycles. The minimum atomic E-state index is -3.67. The summed E-state index contributed by atoms with van der Waals surface area (Å²) in [5.74, 6) is 0.705. The maximum Gasteiger partial charge on any atom is 0.243 e. The van der Waals surface area contributed by atoms with E-state index in [1.165, 1.54) is 5.56 Å². The molecule has 0 saturated carbocycles. The Balaban J connectivity index is 1.53. The number of unbranched alkanes of at least 4 members (excludes halogenated alkanes) is 1. The Morgan fingerprint density at radius 2 is 1.56 bits per heavy atom. The quantitative estimate of drug-likeness (QED) is 0.350. The summed E-state index contributed by atoms with van der Waals surface area (Å²) >= 11 is 0. The molecular weight excluding hydrogens is 444 g/mol. The first-order valence-corrected chi connectivity index (χ1v) is 13.5. The van der Waals surface area contributed by atoms with Gasteiger partial charge in [0.2, 0.25) is 10.0 Å². The summed E-state index contributed by atoms with van der Waals surface area (Å²) < 4.78 is 35.1. The van der Waals surface area contributed by atoms with Crippen molar-refractivity contribution in [3.63, 3.8) is 0 Å². The number of nitrogens with zero attached hydrogens (tertiary/aromatic N) is 2. The maximum absolute atomic E-state index is 13.8. The SMILES string of the molecule is CCCCOc1ccc(S(=O)(=O)N(Cc2ccccc2)C2CCN(Cc3ccccc3)C2)cc1. The van der Waals surface area contributed by atoms with Gasteiger partial charge in [-0.2, -0.15) is 4.31 Å². The van der Waals surface area contributed by atoms with Crippen LogP contribution in [-0.2, 0) is 23.1 Å². The summed E-state index contributed by atoms with van der Waals surface area (Å²) in [6.07, 6.45) is 2.85. The lowest BCUT2D eigenvalue weighted by Crippen LogP contribution is -2.41. The highest BCUT2D eigenvalue weighted by atomic mass is 32.2. The van der Waals surface area contributed by atoms with Gasteiger partial charge in [0, 0.05) is 32.2 Å². The van der Waals surface area contributed by atoms with Crippen molar-refractivity contribution >= 4 is 10.0 Å². The van der Waals surface area contributed by atoms with E-state index in [9.17, 15) is 8.42 Å². The molecular formula is C28H34N2O3S. The van der Waals surface area contributed by atoms with Gasteiger partial charge in [-0.25, -0.2) is 8.42 Å². The normalized spacial score (nSPS) is 16.7. The molecule has 3 aromatic rings. The highest BCUT2D eigenvalue weighted by Gasteiger charge is 2.36. The Morgan fingerprint density at radius 3 is 2.21 bits per heavy atom. The number of rotatable bonds is 11. The fraction of sp³-hybridized carbons (Fsp3) is 0.357. The van der Waals surface area contributed by atoms with Crippen LogP contribution < -0.4 is 4.74 Å². The average Bonchev–Trinajstić information content (AvgIpc) is 3.32. The van der Waals surface area contributed by atoms with Gasteiger partial charge in [0.15, 0.2) is 0 Å². The Kier molecular flexibility index (Phi) is 8.38. The average molecular weight is 479 g/mol. The summed E-state index contributed by atoms with van der Waals surface area (Å²) in [7, 11) is -3.67. The molecule has 180 valence electrons. The molecule has 0 aromatic heterocycles. The molecule has 34 heavy (non-hydrogen) atoms. The first kappa shape index (κ1) is 24.5. The second-order valence-corrected chi connectivity index (χ2v) is 10.8. The van der Waals surface area contributed by atoms with Crippen molar-refractivity contribution in [2.24, 2.45) is 0 Å². The highest BCUT2D eigenvalue weighted by molar-refractivity contribution is 7.89. The molecule has 1 fully saturated rings. The molecule has 0 amide bonds. The van der Waals surface area contributed by atoms with Gasteiger partial charge >= 0.3 is 0 Å². The van der Waals surface area contributed by atoms with Crippen LogP contribution in [0.15, 0.2) is 89.8 Å². The van der Waals surface area contributed by atoms with Crippen LogP contribution in [0.3, 0.4) is 0 Å². The fourth-order valence-electron chi connectivity index (χ4n) is 4.38. The Labute approximate surface area is 204 Å². The molecule has 4 rings (SSSR count). The van der Waals surface area contributed by atoms with Crippen molar-refractivity contribution in [3.8, 4) is 5.75 Å². The maximum atomic E-state index is 13.8. The molecule has 0 bridgehead atoms. The zero-order valence-corrected chi connectivity index (χ0v) is 20.7. The van der Waals surface area contributed by atoms with Crippen molar-refractivity contribution < 1.29 is 13.2 Å². The van der Waals surface area contributed by atoms with Gasteiger partial charge in [0.1, 0.15) is 5.75 Å². The first-order valence-electron chi connectivity index (χ1n) is 12.1. The van der Waals surface area contributed by atoms with Gasteiger partial charge < -0.3 is 4.74 Å². The molecule has 5 nitrogen and oxygen atoms in total. The lowest BCUT2D eigenvalue weighted by Gasteiger charge is -2.29. The molecule has 1 heterocycles. The monoisotopic (exact) mass is 478 g/mol. The molecule has 0 aliphatic carbocycles. The molecule has 1 aliphatic rings. The molecule has 6 heteroatoms. The van der Waals surface area contributed by atoms with E-state index >= 15 is 0 Å². The van der Waals surface area contributed by atoms with Gasteiger partial charge in [-0.1, -0.05) is 74.0 Å². The van der Waals surface area contributed by atoms with E-state index < -0.39 is 10.0 Å². The predicted molar refractivity (Wildman–Crippen MR) is 136 cm³/mol. The van der Waals surface area contributed by atoms with E-state index in [4.69, 9.17) is 4.74 Å². The second kappa shape index (κ2) is 11.6. The number of ether oxygens (including phenoxy) is 1. The van der Waals surface area contributed by atoms with Crippen molar-refractivity contribution in [1.29, 1.82) is 0 Å². The summed E-state index contributed by atoms with van der Waals surface area (Å²) in [6, 6.07) is 27.0. The van der Waals surface area contributed by atoms with Gasteiger partial charge in [0.25, 0.3) is 0 Å². The van der Waals surface area contributed by atoms with Crippen LogP contribution in [0.1, 0.15) is 37.3 Å². The van der Waals surface area contributed by atoms with E-state index in [0.717, 1.165) is 44.5 Å². The molecule has 0 radical (unpaired) electrons. The van der Waals surface area contributed by atoms with Crippen LogP contribution in [0.5, 0.6) is 5.75 Å². The lowest BCUT2D eigenvalue weighted by molar-refractivity contribution is 0.276. The number of benzene rings is 3. The smallest absolute Gasteiger partial charge is 0.243 e. The third kappa shape index (κ3) is 6.26. The fourth-order valence-corrected chi connectivity index (χ4v) is 6.02. The molecule has 1 saturated heterocycles. The number of hydrogen-bond acceptors (Lipinski definition) is 4. The van der Waals surface area contributed by atoms with E-state index in [1.54, 1.807) is 28.6 Å². The summed E-state index contributed by atoms with van der Waals surface area (Å²) in [4.78, 5) is 2.66. The van der Waals surface area contributed by atoms with E-state index in [-0.39, 0.29) is 6.04 Å². The van der Waals surface area contributed by atoms with Crippen molar-refractivity contribution in [2.45, 2.75) is 50.2 Å². The Bertz CT molecular complexity index is 1120. The molecule has 1 unspecified atom stereocenters. The summed E-state index contributed by atoms with van der Waals surface area (Å²) in [6.45, 7) is 5.55. The zero-order valence-electron chi connectivity index (χ0n) is 19.8. The predicted octanol–water partition coefficient (Wildman–Crippen LogP) is 5.33. The topological polar surface area (TPSA) is 49.9 Å². The van der Waals surface area contributed by atoms with Crippen LogP contribution >= 0.6 is 0 Å². The summed E-state index contributed by atoms with van der Waals surface area (Å²) in [5.41, 5.74) is 2.24. The highest BCUT2D eigenvalue weighted by Crippen LogP contribution is 2.28. The van der Waals surface area contributed by atoms with E-state index in [0.29, 0.717) is 23.8 Å². The van der Waals surface area contributed by atoms with E-state index in [1.807, 2.05) is 48.5 Å². The van der Waals surface area contributed by atoms with Crippen molar-refractivity contribution in [1.82, 2.24) is 9.21 Å². The van der Waals surface area contributed by atoms with Gasteiger partial charge in [0.05, 0.1) is 11.5 Å². The van der Waals surface area contributed by atoms with Gasteiger partial charge in [-0.05, 0) is 48.2 Å². The van der Waals surface area contributed by atoms with Crippen LogP contribution in [0.25, 0.3) is 0 Å². The van der Waals surface area contributed by atoms with Crippen molar-refractivity contribution in [3.05, 3.63) is 96.1 Å². The third-order valence-corrected chi connectivity index (χ3v) is 8.19. The minimum Gasteiger partial charge on any atom is -0.494 e. The van der Waals surface area contributed by atoms with Crippen LogP contribution in [-0.4, -0.2) is 43.4 Å². The first-order chi connectivity index (χ1) is 16.6. The summed E-state index contributed by atoms with van der Waals surface area (Å²) in [5, 5.41) is 0. The molecule has 1 atom stereocenters. The molecule has 0 N–H and O–H groups in total. The number of likely N-dealkylation sites (tertiary alicyclic amines) is 1. The zero-order chi connectivity index (χ0) is 23.8. The number of hydrogen-bond donors (Lipinski definition) is 0. The Hall–Kier alpha value is -2.67. The third-order valence-electron chi connectivity index (χ3n) is 6.28. The van der Waals surface area contributed by atoms with Gasteiger partial charge in [-0.3, -0.25) is 4.90 Å². The molecule has 0 spiro atoms. The van der Waals surface area contributed by atoms with Crippen molar-refractivity contribution in [2.75, 3.05) is 19.7 Å². The van der Waals surface area contributed by atoms with Gasteiger partial charge in [-0.15, -0.1) is 0 Å². The second-order valence-electron chi connectivity index (χ2n) is 8.87. The Morgan fingerprint density at radius 1 is 0.912 bits per heavy atom. The van der Waals surface area contributed by atoms with Crippen LogP contribution in [0.4, 0.5) is 0 Å². The van der Waals surface area contributed by atoms with Crippen LogP contribution in [0, 0.1) is 0 Å². The molecule has 3 aromatic carbocycles.